The van der Waals surface area contributed by atoms with Crippen LogP contribution in [0.2, 0.25) is 0 Å². The van der Waals surface area contributed by atoms with Crippen LogP contribution in [0.3, 0.4) is 0 Å². The van der Waals surface area contributed by atoms with E-state index in [4.69, 9.17) is 0 Å². The molecule has 3 rings (SSSR count). The van der Waals surface area contributed by atoms with Gasteiger partial charge in [-0.1, -0.05) is 26.2 Å². The quantitative estimate of drug-likeness (QED) is 0.921. The maximum Gasteiger partial charge on any atom is 0.180 e. The molecule has 0 saturated heterocycles. The number of nitrogens with zero attached hydrogens (tertiary/aromatic N) is 3. The lowest BCUT2D eigenvalue weighted by Gasteiger charge is -2.26. The highest BCUT2D eigenvalue weighted by molar-refractivity contribution is 5.71. The lowest BCUT2D eigenvalue weighted by atomic mass is 9.81. The molecule has 1 N–H and O–H groups in total. The zero-order valence-electron chi connectivity index (χ0n) is 12.0. The monoisotopic (exact) mass is 270 g/mol. The molecule has 4 heteroatoms. The summed E-state index contributed by atoms with van der Waals surface area (Å²) < 4.78 is 0. The summed E-state index contributed by atoms with van der Waals surface area (Å²) in [7, 11) is 0. The highest BCUT2D eigenvalue weighted by atomic mass is 15.0. The molecule has 0 aromatic carbocycles. The highest BCUT2D eigenvalue weighted by Gasteiger charge is 2.18. The van der Waals surface area contributed by atoms with Gasteiger partial charge in [-0.3, -0.25) is 4.98 Å². The number of aromatic nitrogens is 3. The summed E-state index contributed by atoms with van der Waals surface area (Å²) in [5, 5.41) is 3.42. The second kappa shape index (κ2) is 6.16. The molecule has 20 heavy (non-hydrogen) atoms. The Morgan fingerprint density at radius 2 is 2.10 bits per heavy atom. The van der Waals surface area contributed by atoms with Gasteiger partial charge < -0.3 is 5.32 Å². The summed E-state index contributed by atoms with van der Waals surface area (Å²) in [4.78, 5) is 13.0. The number of anilines is 1. The minimum Gasteiger partial charge on any atom is -0.370 e. The molecule has 2 unspecified atom stereocenters. The van der Waals surface area contributed by atoms with Crippen molar-refractivity contribution < 1.29 is 0 Å². The summed E-state index contributed by atoms with van der Waals surface area (Å²) in [6.07, 6.45) is 10.2. The first-order valence-electron chi connectivity index (χ1n) is 7.63. The summed E-state index contributed by atoms with van der Waals surface area (Å²) in [6, 6.07) is 3.96. The fourth-order valence-corrected chi connectivity index (χ4v) is 3.18. The average molecular weight is 270 g/mol. The van der Waals surface area contributed by atoms with Gasteiger partial charge in [0.1, 0.15) is 11.3 Å². The lowest BCUT2D eigenvalue weighted by molar-refractivity contribution is 0.274. The maximum atomic E-state index is 4.49. The van der Waals surface area contributed by atoms with Crippen molar-refractivity contribution in [2.24, 2.45) is 11.8 Å². The van der Waals surface area contributed by atoms with Crippen LogP contribution in [-0.4, -0.2) is 21.5 Å². The van der Waals surface area contributed by atoms with Gasteiger partial charge in [-0.2, -0.15) is 0 Å². The summed E-state index contributed by atoms with van der Waals surface area (Å²) >= 11 is 0. The van der Waals surface area contributed by atoms with E-state index in [1.54, 1.807) is 12.4 Å². The Bertz CT molecular complexity index is 569. The van der Waals surface area contributed by atoms with E-state index in [0.717, 1.165) is 29.7 Å². The van der Waals surface area contributed by atoms with E-state index in [9.17, 15) is 0 Å². The molecule has 0 aliphatic heterocycles. The topological polar surface area (TPSA) is 50.7 Å². The van der Waals surface area contributed by atoms with Crippen LogP contribution in [0.25, 0.3) is 11.2 Å². The number of hydrogen-bond donors (Lipinski definition) is 1. The van der Waals surface area contributed by atoms with E-state index >= 15 is 0 Å². The normalized spacial score (nSPS) is 22.9. The zero-order valence-corrected chi connectivity index (χ0v) is 12.0. The molecular formula is C16H22N4. The molecule has 1 saturated carbocycles. The van der Waals surface area contributed by atoms with Gasteiger partial charge in [0.25, 0.3) is 0 Å². The third-order valence-electron chi connectivity index (χ3n) is 4.24. The largest absolute Gasteiger partial charge is 0.370 e. The van der Waals surface area contributed by atoms with Crippen LogP contribution >= 0.6 is 0 Å². The van der Waals surface area contributed by atoms with Crippen LogP contribution in [0, 0.1) is 11.8 Å². The SMILES string of the molecule is CC1CCCC(CCNc2ccc3nccnc3n2)C1. The molecule has 4 nitrogen and oxygen atoms in total. The number of pyridine rings is 1. The molecule has 0 amide bonds. The maximum absolute atomic E-state index is 4.49. The molecule has 1 fully saturated rings. The number of nitrogens with one attached hydrogen (secondary N) is 1. The molecule has 0 bridgehead atoms. The first kappa shape index (κ1) is 13.3. The van der Waals surface area contributed by atoms with Gasteiger partial charge in [0.15, 0.2) is 5.65 Å². The molecule has 2 aromatic heterocycles. The van der Waals surface area contributed by atoms with Crippen molar-refractivity contribution >= 4 is 17.0 Å². The van der Waals surface area contributed by atoms with Crippen LogP contribution in [-0.2, 0) is 0 Å². The highest BCUT2D eigenvalue weighted by Crippen LogP contribution is 2.30. The zero-order chi connectivity index (χ0) is 13.8. The van der Waals surface area contributed by atoms with Crippen LogP contribution in [0.5, 0.6) is 0 Å². The predicted molar refractivity (Wildman–Crippen MR) is 81.6 cm³/mol. The van der Waals surface area contributed by atoms with Gasteiger partial charge in [0.2, 0.25) is 0 Å². The van der Waals surface area contributed by atoms with Crippen molar-refractivity contribution in [2.75, 3.05) is 11.9 Å². The van der Waals surface area contributed by atoms with E-state index in [1.165, 1.54) is 32.1 Å². The fraction of sp³-hybridized carbons (Fsp3) is 0.562. The van der Waals surface area contributed by atoms with Crippen LogP contribution in [0.4, 0.5) is 5.82 Å². The molecule has 2 heterocycles. The predicted octanol–water partition coefficient (Wildman–Crippen LogP) is 3.65. The fourth-order valence-electron chi connectivity index (χ4n) is 3.18. The molecule has 2 atom stereocenters. The van der Waals surface area contributed by atoms with Crippen molar-refractivity contribution in [3.05, 3.63) is 24.5 Å². The van der Waals surface area contributed by atoms with Crippen LogP contribution < -0.4 is 5.32 Å². The average Bonchev–Trinajstić information content (AvgIpc) is 2.47. The van der Waals surface area contributed by atoms with E-state index in [0.29, 0.717) is 5.65 Å². The third kappa shape index (κ3) is 3.24. The second-order valence-electron chi connectivity index (χ2n) is 5.95. The minimum atomic E-state index is 0.712. The Labute approximate surface area is 120 Å². The Kier molecular flexibility index (Phi) is 4.09. The van der Waals surface area contributed by atoms with Crippen molar-refractivity contribution in [1.82, 2.24) is 15.0 Å². The molecule has 0 radical (unpaired) electrons. The van der Waals surface area contributed by atoms with Crippen molar-refractivity contribution in [2.45, 2.75) is 39.0 Å². The second-order valence-corrected chi connectivity index (χ2v) is 5.95. The van der Waals surface area contributed by atoms with Crippen LogP contribution in [0.15, 0.2) is 24.5 Å². The summed E-state index contributed by atoms with van der Waals surface area (Å²) in [5.41, 5.74) is 1.56. The Morgan fingerprint density at radius 3 is 3.00 bits per heavy atom. The molecule has 0 spiro atoms. The Hall–Kier alpha value is -1.71. The van der Waals surface area contributed by atoms with Crippen molar-refractivity contribution in [1.29, 1.82) is 0 Å². The Morgan fingerprint density at radius 1 is 1.20 bits per heavy atom. The minimum absolute atomic E-state index is 0.712. The van der Waals surface area contributed by atoms with Crippen molar-refractivity contribution in [3.8, 4) is 0 Å². The van der Waals surface area contributed by atoms with E-state index in [-0.39, 0.29) is 0 Å². The Balaban J connectivity index is 1.54. The number of fused-ring (bicyclic) bond motifs is 1. The first-order chi connectivity index (χ1) is 9.81. The molecular weight excluding hydrogens is 248 g/mol. The molecule has 1 aliphatic carbocycles. The smallest absolute Gasteiger partial charge is 0.180 e. The summed E-state index contributed by atoms with van der Waals surface area (Å²) in [5.74, 6) is 2.69. The van der Waals surface area contributed by atoms with Gasteiger partial charge in [-0.05, 0) is 36.8 Å². The third-order valence-corrected chi connectivity index (χ3v) is 4.24. The number of hydrogen-bond acceptors (Lipinski definition) is 4. The van der Waals surface area contributed by atoms with Gasteiger partial charge in [0.05, 0.1) is 0 Å². The first-order valence-corrected chi connectivity index (χ1v) is 7.63. The molecule has 2 aromatic rings. The van der Waals surface area contributed by atoms with Crippen LogP contribution in [0.1, 0.15) is 39.0 Å². The van der Waals surface area contributed by atoms with E-state index in [1.807, 2.05) is 12.1 Å². The standard InChI is InChI=1S/C16H22N4/c1-12-3-2-4-13(11-12)7-8-18-15-6-5-14-16(20-15)19-10-9-17-14/h5-6,9-10,12-13H,2-4,7-8,11H2,1H3,(H,18,19,20). The molecule has 1 aliphatic rings. The van der Waals surface area contributed by atoms with Gasteiger partial charge >= 0.3 is 0 Å². The molecule has 106 valence electrons. The van der Waals surface area contributed by atoms with E-state index in [2.05, 4.69) is 27.2 Å². The summed E-state index contributed by atoms with van der Waals surface area (Å²) in [6.45, 7) is 3.37. The lowest BCUT2D eigenvalue weighted by Crippen LogP contribution is -2.16. The van der Waals surface area contributed by atoms with Crippen molar-refractivity contribution in [3.63, 3.8) is 0 Å². The van der Waals surface area contributed by atoms with E-state index < -0.39 is 0 Å². The van der Waals surface area contributed by atoms with Gasteiger partial charge in [0, 0.05) is 18.9 Å². The van der Waals surface area contributed by atoms with Gasteiger partial charge in [-0.25, -0.2) is 9.97 Å². The number of rotatable bonds is 4. The van der Waals surface area contributed by atoms with Gasteiger partial charge in [-0.15, -0.1) is 0 Å².